The summed E-state index contributed by atoms with van der Waals surface area (Å²) >= 11 is 0. The summed E-state index contributed by atoms with van der Waals surface area (Å²) in [6, 6.07) is 14.0. The second-order valence-corrected chi connectivity index (χ2v) is 14.8. The van der Waals surface area contributed by atoms with Gasteiger partial charge in [0, 0.05) is 31.7 Å². The molecule has 0 aliphatic carbocycles. The van der Waals surface area contributed by atoms with Gasteiger partial charge in [-0.1, -0.05) is 24.3 Å². The molecule has 51 heavy (non-hydrogen) atoms. The molecule has 1 amide bonds. The Morgan fingerprint density at radius 1 is 0.980 bits per heavy atom. The summed E-state index contributed by atoms with van der Waals surface area (Å²) in [4.78, 5) is 55.1. The minimum atomic E-state index is -4.11. The summed E-state index contributed by atoms with van der Waals surface area (Å²) in [5, 5.41) is 15.8. The normalized spacial score (nSPS) is 12.4. The Kier molecular flexibility index (Phi) is 10.3. The van der Waals surface area contributed by atoms with E-state index in [1.165, 1.54) is 66.5 Å². The first-order chi connectivity index (χ1) is 23.9. The fourth-order valence-corrected chi connectivity index (χ4v) is 6.72. The van der Waals surface area contributed by atoms with E-state index in [1.54, 1.807) is 19.1 Å². The monoisotopic (exact) mass is 716 g/mol. The lowest BCUT2D eigenvalue weighted by atomic mass is 10.0. The molecule has 0 bridgehead atoms. The number of aromatic nitrogens is 3. The maximum atomic E-state index is 15.2. The maximum Gasteiger partial charge on any atom is 0.335 e. The zero-order chi connectivity index (χ0) is 37.2. The minimum absolute atomic E-state index is 0.00548. The number of fused-ring (bicyclic) bond motifs is 1. The third-order valence-corrected chi connectivity index (χ3v) is 9.67. The van der Waals surface area contributed by atoms with Crippen molar-refractivity contribution >= 4 is 38.5 Å². The molecule has 0 spiro atoms. The van der Waals surface area contributed by atoms with E-state index in [0.29, 0.717) is 23.2 Å². The lowest BCUT2D eigenvalue weighted by molar-refractivity contribution is -0.139. The molecule has 1 atom stereocenters. The van der Waals surface area contributed by atoms with Crippen molar-refractivity contribution in [1.29, 1.82) is 0 Å². The van der Waals surface area contributed by atoms with Crippen LogP contribution in [0.4, 0.5) is 10.1 Å². The van der Waals surface area contributed by atoms with Crippen LogP contribution in [0.1, 0.15) is 47.8 Å². The highest BCUT2D eigenvalue weighted by Crippen LogP contribution is 2.23. The van der Waals surface area contributed by atoms with Crippen LogP contribution < -0.4 is 26.6 Å². The predicted octanol–water partition coefficient (Wildman–Crippen LogP) is 3.65. The topological polar surface area (TPSA) is 181 Å². The van der Waals surface area contributed by atoms with Crippen molar-refractivity contribution in [1.82, 2.24) is 24.8 Å². The van der Waals surface area contributed by atoms with Crippen LogP contribution in [0, 0.1) is 12.7 Å². The van der Waals surface area contributed by atoms with Crippen LogP contribution in [0.25, 0.3) is 16.6 Å². The number of nitrogens with one attached hydrogen (secondary N) is 3. The highest BCUT2D eigenvalue weighted by atomic mass is 32.2. The molecule has 5 rings (SSSR count). The van der Waals surface area contributed by atoms with Crippen LogP contribution in [-0.2, 0) is 34.8 Å². The molecule has 2 aromatic heterocycles. The molecule has 0 unspecified atom stereocenters. The van der Waals surface area contributed by atoms with Crippen molar-refractivity contribution in [2.45, 2.75) is 57.1 Å². The first-order valence-corrected chi connectivity index (χ1v) is 17.3. The molecule has 0 saturated carbocycles. The van der Waals surface area contributed by atoms with E-state index in [-0.39, 0.29) is 33.6 Å². The van der Waals surface area contributed by atoms with Crippen molar-refractivity contribution in [2.24, 2.45) is 7.05 Å². The third kappa shape index (κ3) is 8.22. The fraction of sp³-hybridized carbons (Fsp3) is 0.250. The summed E-state index contributed by atoms with van der Waals surface area (Å²) in [6.07, 6.45) is 2.65. The van der Waals surface area contributed by atoms with Crippen LogP contribution in [0.2, 0.25) is 0 Å². The number of carbonyl (C=O) groups is 2. The summed E-state index contributed by atoms with van der Waals surface area (Å²) in [6.45, 7) is 8.25. The average Bonchev–Trinajstić information content (AvgIpc) is 3.06. The highest BCUT2D eigenvalue weighted by molar-refractivity contribution is 7.92. The summed E-state index contributed by atoms with van der Waals surface area (Å²) in [5.41, 5.74) is 0.549. The van der Waals surface area contributed by atoms with Gasteiger partial charge in [-0.05, 0) is 86.8 Å². The van der Waals surface area contributed by atoms with Gasteiger partial charge in [-0.3, -0.25) is 23.9 Å². The third-order valence-electron chi connectivity index (χ3n) is 8.13. The number of benzene rings is 3. The van der Waals surface area contributed by atoms with E-state index in [0.717, 1.165) is 22.3 Å². The standard InChI is InChI=1S/C36H37FN6O7S/c1-21-16-23(19-39-36(2,3)4)8-13-31(21)51(49,50)41-24-9-12-26(28(37)18-24)32(44)40-29(34(46)47)17-22-6-10-25(11-7-22)43-33(45)27-14-15-38-20-30(27)42(5)35(43)48/h6-16,18,20,29,39,41H,17,19H2,1-5H3,(H,40,44)(H,46,47)/t29-/m0/s1. The van der Waals surface area contributed by atoms with E-state index < -0.39 is 50.6 Å². The average molecular weight is 717 g/mol. The van der Waals surface area contributed by atoms with Crippen LogP contribution in [-0.4, -0.2) is 51.1 Å². The van der Waals surface area contributed by atoms with Gasteiger partial charge in [-0.2, -0.15) is 0 Å². The van der Waals surface area contributed by atoms with Gasteiger partial charge >= 0.3 is 11.7 Å². The van der Waals surface area contributed by atoms with Crippen LogP contribution in [0.15, 0.2) is 93.6 Å². The van der Waals surface area contributed by atoms with Crippen molar-refractivity contribution in [2.75, 3.05) is 4.72 Å². The Bertz CT molecular complexity index is 2380. The molecule has 3 aromatic carbocycles. The molecule has 0 radical (unpaired) electrons. The van der Waals surface area contributed by atoms with Gasteiger partial charge in [0.25, 0.3) is 21.5 Å². The number of halogens is 1. The Balaban J connectivity index is 1.28. The second-order valence-electron chi connectivity index (χ2n) is 13.1. The number of sulfonamides is 1. The Morgan fingerprint density at radius 3 is 2.29 bits per heavy atom. The molecular weight excluding hydrogens is 679 g/mol. The van der Waals surface area contributed by atoms with Crippen molar-refractivity contribution in [3.8, 4) is 5.69 Å². The molecule has 266 valence electrons. The van der Waals surface area contributed by atoms with Gasteiger partial charge in [0.15, 0.2) is 0 Å². The fourth-order valence-electron chi connectivity index (χ4n) is 5.44. The maximum absolute atomic E-state index is 15.2. The zero-order valence-corrected chi connectivity index (χ0v) is 29.3. The molecule has 15 heteroatoms. The van der Waals surface area contributed by atoms with Gasteiger partial charge < -0.3 is 15.7 Å². The van der Waals surface area contributed by atoms with Crippen molar-refractivity contribution in [3.63, 3.8) is 0 Å². The Labute approximate surface area is 292 Å². The van der Waals surface area contributed by atoms with E-state index in [2.05, 4.69) is 20.3 Å². The number of hydrogen-bond acceptors (Lipinski definition) is 8. The van der Waals surface area contributed by atoms with E-state index in [1.807, 2.05) is 20.8 Å². The molecule has 4 N–H and O–H groups in total. The van der Waals surface area contributed by atoms with E-state index in [9.17, 15) is 32.7 Å². The number of anilines is 1. The number of rotatable bonds is 11. The smallest absolute Gasteiger partial charge is 0.335 e. The molecular formula is C36H37FN6O7S. The van der Waals surface area contributed by atoms with E-state index >= 15 is 4.39 Å². The van der Waals surface area contributed by atoms with Crippen molar-refractivity contribution < 1.29 is 27.5 Å². The SMILES string of the molecule is Cc1cc(CNC(C)(C)C)ccc1S(=O)(=O)Nc1ccc(C(=O)N[C@@H](Cc2ccc(-n3c(=O)c4ccncc4n(C)c3=O)cc2)C(=O)O)c(F)c1. The Hall–Kier alpha value is -5.67. The number of aliphatic carboxylic acids is 1. The predicted molar refractivity (Wildman–Crippen MR) is 190 cm³/mol. The molecule has 13 nitrogen and oxygen atoms in total. The lowest BCUT2D eigenvalue weighted by Crippen LogP contribution is -2.42. The Morgan fingerprint density at radius 2 is 1.67 bits per heavy atom. The number of amides is 1. The quantitative estimate of drug-likeness (QED) is 0.159. The van der Waals surface area contributed by atoms with Gasteiger partial charge in [-0.25, -0.2) is 27.0 Å². The number of aryl methyl sites for hydroxylation is 2. The van der Waals surface area contributed by atoms with Gasteiger partial charge in [0.05, 0.1) is 38.9 Å². The number of carboxylic acids is 1. The minimum Gasteiger partial charge on any atom is -0.480 e. The number of nitrogens with zero attached hydrogens (tertiary/aromatic N) is 3. The molecule has 0 aliphatic rings. The second kappa shape index (κ2) is 14.3. The van der Waals surface area contributed by atoms with Gasteiger partial charge in [0.2, 0.25) is 0 Å². The summed E-state index contributed by atoms with van der Waals surface area (Å²) in [5.74, 6) is -3.48. The highest BCUT2D eigenvalue weighted by Gasteiger charge is 2.24. The number of carboxylic acid groups (broad SMARTS) is 1. The first-order valence-electron chi connectivity index (χ1n) is 15.8. The molecule has 0 fully saturated rings. The first kappa shape index (κ1) is 36.6. The molecule has 5 aromatic rings. The van der Waals surface area contributed by atoms with Crippen LogP contribution in [0.3, 0.4) is 0 Å². The zero-order valence-electron chi connectivity index (χ0n) is 28.5. The largest absolute Gasteiger partial charge is 0.480 e. The number of hydrogen-bond donors (Lipinski definition) is 4. The number of carbonyl (C=O) groups excluding carboxylic acids is 1. The van der Waals surface area contributed by atoms with Crippen LogP contribution >= 0.6 is 0 Å². The van der Waals surface area contributed by atoms with E-state index in [4.69, 9.17) is 0 Å². The summed E-state index contributed by atoms with van der Waals surface area (Å²) in [7, 11) is -2.60. The molecule has 0 aliphatic heterocycles. The lowest BCUT2D eigenvalue weighted by Gasteiger charge is -2.21. The number of pyridine rings is 1. The van der Waals surface area contributed by atoms with Crippen LogP contribution in [0.5, 0.6) is 0 Å². The van der Waals surface area contributed by atoms with Crippen molar-refractivity contribution in [3.05, 3.63) is 128 Å². The molecule has 0 saturated heterocycles. The van der Waals surface area contributed by atoms with Gasteiger partial charge in [0.1, 0.15) is 11.9 Å². The van der Waals surface area contributed by atoms with Gasteiger partial charge in [-0.15, -0.1) is 0 Å². The summed E-state index contributed by atoms with van der Waals surface area (Å²) < 4.78 is 46.1. The molecule has 2 heterocycles.